The Bertz CT molecular complexity index is 638. The average molecular weight is 343 g/mol. The number of anilines is 2. The van der Waals surface area contributed by atoms with E-state index in [0.29, 0.717) is 12.5 Å². The minimum absolute atomic E-state index is 0.0585. The van der Waals surface area contributed by atoms with Crippen molar-refractivity contribution in [2.75, 3.05) is 17.2 Å². The smallest absolute Gasteiger partial charge is 0.245 e. The maximum atomic E-state index is 12.9. The van der Waals surface area contributed by atoms with Crippen LogP contribution in [-0.4, -0.2) is 35.3 Å². The quantitative estimate of drug-likeness (QED) is 0.859. The summed E-state index contributed by atoms with van der Waals surface area (Å²) in [6, 6.07) is 6.08. The molecular weight excluding hydrogens is 314 g/mol. The van der Waals surface area contributed by atoms with E-state index < -0.39 is 0 Å². The molecule has 1 aliphatic carbocycles. The molecule has 1 aliphatic heterocycles. The van der Waals surface area contributed by atoms with Gasteiger partial charge in [0.25, 0.3) is 0 Å². The van der Waals surface area contributed by atoms with E-state index in [9.17, 15) is 9.59 Å². The summed E-state index contributed by atoms with van der Waals surface area (Å²) in [4.78, 5) is 26.5. The van der Waals surface area contributed by atoms with Gasteiger partial charge in [-0.2, -0.15) is 0 Å². The number of carbonyl (C=O) groups excluding carboxylic acids is 2. The lowest BCUT2D eigenvalue weighted by Crippen LogP contribution is -2.47. The highest BCUT2D eigenvalue weighted by Crippen LogP contribution is 2.27. The number of aryl methyl sites for hydroxylation is 1. The van der Waals surface area contributed by atoms with Gasteiger partial charge in [-0.25, -0.2) is 0 Å². The largest absolute Gasteiger partial charge is 0.374 e. The summed E-state index contributed by atoms with van der Waals surface area (Å²) >= 11 is 0. The van der Waals surface area contributed by atoms with E-state index >= 15 is 0 Å². The number of nitrogens with zero attached hydrogens (tertiary/aromatic N) is 1. The number of nitrogens with one attached hydrogen (secondary N) is 2. The third-order valence-corrected chi connectivity index (χ3v) is 5.40. The molecule has 0 aromatic heterocycles. The zero-order valence-corrected chi connectivity index (χ0v) is 15.3. The third kappa shape index (κ3) is 4.14. The van der Waals surface area contributed by atoms with Crippen LogP contribution in [0, 0.1) is 0 Å². The highest BCUT2D eigenvalue weighted by molar-refractivity contribution is 5.94. The van der Waals surface area contributed by atoms with Gasteiger partial charge in [-0.1, -0.05) is 25.3 Å². The molecule has 5 heteroatoms. The first-order chi connectivity index (χ1) is 12.1. The van der Waals surface area contributed by atoms with Crippen molar-refractivity contribution in [3.63, 3.8) is 0 Å². The van der Waals surface area contributed by atoms with E-state index in [1.54, 1.807) is 0 Å². The molecule has 3 rings (SSSR count). The first kappa shape index (κ1) is 17.8. The van der Waals surface area contributed by atoms with E-state index in [0.717, 1.165) is 42.7 Å². The number of hydrogen-bond acceptors (Lipinski definition) is 3. The van der Waals surface area contributed by atoms with Crippen molar-refractivity contribution in [2.45, 2.75) is 70.9 Å². The fraction of sp³-hybridized carbons (Fsp3) is 0.600. The van der Waals surface area contributed by atoms with Crippen molar-refractivity contribution in [3.05, 3.63) is 23.8 Å². The second-order valence-electron chi connectivity index (χ2n) is 7.20. The molecule has 0 unspecified atom stereocenters. The second-order valence-corrected chi connectivity index (χ2v) is 7.20. The van der Waals surface area contributed by atoms with Crippen LogP contribution in [0.3, 0.4) is 0 Å². The molecule has 2 N–H and O–H groups in total. The van der Waals surface area contributed by atoms with Crippen LogP contribution in [0.15, 0.2) is 18.2 Å². The van der Waals surface area contributed by atoms with E-state index in [4.69, 9.17) is 0 Å². The molecule has 1 aromatic carbocycles. The Hall–Kier alpha value is -2.04. The van der Waals surface area contributed by atoms with Crippen LogP contribution in [0.2, 0.25) is 0 Å². The summed E-state index contributed by atoms with van der Waals surface area (Å²) < 4.78 is 0. The summed E-state index contributed by atoms with van der Waals surface area (Å²) in [5.74, 6) is 0.222. The van der Waals surface area contributed by atoms with Crippen LogP contribution >= 0.6 is 0 Å². The van der Waals surface area contributed by atoms with Gasteiger partial charge in [0, 0.05) is 30.4 Å². The lowest BCUT2D eigenvalue weighted by atomic mass is 9.94. The molecule has 0 radical (unpaired) electrons. The van der Waals surface area contributed by atoms with Crippen molar-refractivity contribution in [3.8, 4) is 0 Å². The predicted octanol–water partition coefficient (Wildman–Crippen LogP) is 3.55. The number of amides is 2. The maximum absolute atomic E-state index is 12.9. The minimum Gasteiger partial charge on any atom is -0.374 e. The van der Waals surface area contributed by atoms with Crippen molar-refractivity contribution >= 4 is 23.2 Å². The summed E-state index contributed by atoms with van der Waals surface area (Å²) in [7, 11) is 0. The number of likely N-dealkylation sites (N-methyl/N-ethyl adjacent to an activating group) is 1. The van der Waals surface area contributed by atoms with Gasteiger partial charge in [-0.3, -0.25) is 9.59 Å². The Morgan fingerprint density at radius 2 is 2.04 bits per heavy atom. The molecule has 0 spiro atoms. The van der Waals surface area contributed by atoms with Gasteiger partial charge in [-0.15, -0.1) is 0 Å². The van der Waals surface area contributed by atoms with Crippen LogP contribution in [0.4, 0.5) is 11.4 Å². The fourth-order valence-corrected chi connectivity index (χ4v) is 4.01. The molecule has 1 fully saturated rings. The van der Waals surface area contributed by atoms with E-state index in [-0.39, 0.29) is 17.9 Å². The van der Waals surface area contributed by atoms with Gasteiger partial charge in [0.15, 0.2) is 0 Å². The minimum atomic E-state index is -0.279. The summed E-state index contributed by atoms with van der Waals surface area (Å²) in [6.45, 7) is 4.75. The van der Waals surface area contributed by atoms with E-state index in [1.807, 2.05) is 30.0 Å². The first-order valence-corrected chi connectivity index (χ1v) is 9.58. The molecule has 1 saturated carbocycles. The Morgan fingerprint density at radius 3 is 2.76 bits per heavy atom. The lowest BCUT2D eigenvalue weighted by molar-refractivity contribution is -0.134. The number of rotatable bonds is 5. The van der Waals surface area contributed by atoms with Crippen LogP contribution < -0.4 is 10.6 Å². The van der Waals surface area contributed by atoms with Crippen molar-refractivity contribution < 1.29 is 9.59 Å². The molecule has 1 atom stereocenters. The number of hydrogen-bond donors (Lipinski definition) is 2. The molecule has 25 heavy (non-hydrogen) atoms. The molecule has 0 saturated heterocycles. The van der Waals surface area contributed by atoms with Gasteiger partial charge in [0.05, 0.1) is 0 Å². The third-order valence-electron chi connectivity index (χ3n) is 5.40. The number of benzene rings is 1. The topological polar surface area (TPSA) is 61.4 Å². The Labute approximate surface area is 150 Å². The first-order valence-electron chi connectivity index (χ1n) is 9.58. The van der Waals surface area contributed by atoms with Crippen molar-refractivity contribution in [1.82, 2.24) is 4.90 Å². The van der Waals surface area contributed by atoms with Crippen LogP contribution in [0.25, 0.3) is 0 Å². The van der Waals surface area contributed by atoms with E-state index in [2.05, 4.69) is 17.6 Å². The Morgan fingerprint density at radius 1 is 1.28 bits per heavy atom. The van der Waals surface area contributed by atoms with Gasteiger partial charge >= 0.3 is 0 Å². The van der Waals surface area contributed by atoms with Crippen LogP contribution in [-0.2, 0) is 16.0 Å². The Balaban J connectivity index is 1.66. The zero-order valence-electron chi connectivity index (χ0n) is 15.3. The van der Waals surface area contributed by atoms with Gasteiger partial charge in [0.2, 0.25) is 11.8 Å². The molecule has 136 valence electrons. The molecule has 2 aliphatic rings. The summed E-state index contributed by atoms with van der Waals surface area (Å²) in [5.41, 5.74) is 2.89. The number of carbonyl (C=O) groups is 2. The lowest BCUT2D eigenvalue weighted by Gasteiger charge is -2.35. The normalized spacial score (nSPS) is 18.9. The Kier molecular flexibility index (Phi) is 5.61. The van der Waals surface area contributed by atoms with Crippen molar-refractivity contribution in [1.29, 1.82) is 0 Å². The fourth-order valence-electron chi connectivity index (χ4n) is 4.01. The van der Waals surface area contributed by atoms with E-state index in [1.165, 1.54) is 19.3 Å². The van der Waals surface area contributed by atoms with Crippen molar-refractivity contribution in [2.24, 2.45) is 0 Å². The van der Waals surface area contributed by atoms with Gasteiger partial charge in [-0.05, 0) is 50.8 Å². The molecular formula is C20H29N3O2. The standard InChI is InChI=1S/C20H29N3O2/c1-3-23(17-7-5-4-6-8-17)20(25)14(2)21-16-11-9-15-10-12-19(24)22-18(15)13-16/h9,11,13-14,17,21H,3-8,10,12H2,1-2H3,(H,22,24)/t14-/m0/s1. The SMILES string of the molecule is CCN(C(=O)[C@H](C)Nc1ccc2c(c1)NC(=O)CC2)C1CCCCC1. The second kappa shape index (κ2) is 7.89. The number of fused-ring (bicyclic) bond motifs is 1. The summed E-state index contributed by atoms with van der Waals surface area (Å²) in [6.07, 6.45) is 7.30. The molecule has 5 nitrogen and oxygen atoms in total. The monoisotopic (exact) mass is 343 g/mol. The molecule has 1 heterocycles. The summed E-state index contributed by atoms with van der Waals surface area (Å²) in [5, 5.41) is 6.23. The van der Waals surface area contributed by atoms with Gasteiger partial charge < -0.3 is 15.5 Å². The average Bonchev–Trinajstić information content (AvgIpc) is 2.62. The highest BCUT2D eigenvalue weighted by Gasteiger charge is 2.27. The highest BCUT2D eigenvalue weighted by atomic mass is 16.2. The zero-order chi connectivity index (χ0) is 17.8. The molecule has 0 bridgehead atoms. The molecule has 1 aromatic rings. The molecule has 2 amide bonds. The predicted molar refractivity (Wildman–Crippen MR) is 101 cm³/mol. The maximum Gasteiger partial charge on any atom is 0.245 e. The van der Waals surface area contributed by atoms with Gasteiger partial charge in [0.1, 0.15) is 6.04 Å². The van der Waals surface area contributed by atoms with Crippen LogP contribution in [0.5, 0.6) is 0 Å². The van der Waals surface area contributed by atoms with Crippen LogP contribution in [0.1, 0.15) is 57.9 Å².